The number of pyridine rings is 1. The molecule has 2 aliphatic rings. The molecule has 2 aliphatic carbocycles. The monoisotopic (exact) mass is 301 g/mol. The van der Waals surface area contributed by atoms with Gasteiger partial charge in [-0.25, -0.2) is 9.37 Å². The lowest BCUT2D eigenvalue weighted by Crippen LogP contribution is -2.29. The molecular weight excluding hydrogens is 281 g/mol. The van der Waals surface area contributed by atoms with E-state index in [0.717, 1.165) is 29.8 Å². The molecule has 0 aromatic carbocycles. The van der Waals surface area contributed by atoms with Gasteiger partial charge >= 0.3 is 0 Å². The van der Waals surface area contributed by atoms with Crippen LogP contribution in [0, 0.1) is 18.7 Å². The number of hydrogen-bond donors (Lipinski definition) is 1. The first kappa shape index (κ1) is 13.9. The number of aryl methyl sites for hydroxylation is 1. The maximum absolute atomic E-state index is 13.5. The third kappa shape index (κ3) is 2.33. The highest BCUT2D eigenvalue weighted by atomic mass is 19.1. The molecule has 4 rings (SSSR count). The van der Waals surface area contributed by atoms with Gasteiger partial charge in [-0.05, 0) is 50.7 Å². The van der Waals surface area contributed by atoms with Gasteiger partial charge in [-0.15, -0.1) is 0 Å². The molecule has 2 aromatic heterocycles. The Morgan fingerprint density at radius 3 is 2.73 bits per heavy atom. The van der Waals surface area contributed by atoms with Crippen LogP contribution < -0.4 is 0 Å². The molecule has 5 heteroatoms. The van der Waals surface area contributed by atoms with Crippen molar-refractivity contribution < 1.29 is 9.50 Å². The number of aliphatic hydroxyl groups excluding tert-OH is 1. The third-order valence-corrected chi connectivity index (χ3v) is 4.86. The molecule has 0 unspecified atom stereocenters. The minimum Gasteiger partial charge on any atom is -0.396 e. The second-order valence-electron chi connectivity index (χ2n) is 6.62. The Morgan fingerprint density at radius 1 is 1.32 bits per heavy atom. The second kappa shape index (κ2) is 5.16. The maximum atomic E-state index is 13.5. The van der Waals surface area contributed by atoms with Gasteiger partial charge in [-0.1, -0.05) is 0 Å². The molecule has 0 saturated heterocycles. The lowest BCUT2D eigenvalue weighted by Gasteiger charge is -2.34. The molecule has 116 valence electrons. The van der Waals surface area contributed by atoms with Gasteiger partial charge in [-0.2, -0.15) is 5.10 Å². The van der Waals surface area contributed by atoms with Crippen LogP contribution >= 0.6 is 0 Å². The standard InChI is InChI=1S/C17H20FN3O/c1-10-15(18)4-5-16(19-10)14-8-21(13-6-11(7-13)9-22)20-17(14)12-2-3-12/h4-5,8,11-13,22H,2-3,6-7,9H2,1H3. The van der Waals surface area contributed by atoms with Crippen LogP contribution in [0.4, 0.5) is 4.39 Å². The van der Waals surface area contributed by atoms with E-state index in [1.54, 1.807) is 13.0 Å². The number of hydrogen-bond acceptors (Lipinski definition) is 3. The smallest absolute Gasteiger partial charge is 0.144 e. The van der Waals surface area contributed by atoms with E-state index >= 15 is 0 Å². The van der Waals surface area contributed by atoms with Crippen LogP contribution in [0.3, 0.4) is 0 Å². The molecule has 22 heavy (non-hydrogen) atoms. The van der Waals surface area contributed by atoms with Crippen LogP contribution in [0.5, 0.6) is 0 Å². The van der Waals surface area contributed by atoms with Gasteiger partial charge in [-0.3, -0.25) is 4.68 Å². The Hall–Kier alpha value is -1.75. The van der Waals surface area contributed by atoms with E-state index in [0.29, 0.717) is 23.6 Å². The lowest BCUT2D eigenvalue weighted by molar-refractivity contribution is 0.105. The van der Waals surface area contributed by atoms with Crippen LogP contribution in [-0.2, 0) is 0 Å². The highest BCUT2D eigenvalue weighted by Crippen LogP contribution is 2.45. The van der Waals surface area contributed by atoms with Crippen molar-refractivity contribution in [2.24, 2.45) is 5.92 Å². The van der Waals surface area contributed by atoms with E-state index in [-0.39, 0.29) is 12.4 Å². The molecule has 0 atom stereocenters. The van der Waals surface area contributed by atoms with Crippen molar-refractivity contribution in [1.29, 1.82) is 0 Å². The molecule has 0 radical (unpaired) electrons. The second-order valence-corrected chi connectivity index (χ2v) is 6.62. The summed E-state index contributed by atoms with van der Waals surface area (Å²) < 4.78 is 15.5. The predicted molar refractivity (Wildman–Crippen MR) is 81.0 cm³/mol. The minimum absolute atomic E-state index is 0.263. The third-order valence-electron chi connectivity index (χ3n) is 4.86. The summed E-state index contributed by atoms with van der Waals surface area (Å²) in [4.78, 5) is 4.39. The van der Waals surface area contributed by atoms with Gasteiger partial charge in [0.2, 0.25) is 0 Å². The van der Waals surface area contributed by atoms with E-state index in [1.807, 2.05) is 4.68 Å². The van der Waals surface area contributed by atoms with Crippen LogP contribution in [-0.4, -0.2) is 26.5 Å². The topological polar surface area (TPSA) is 50.9 Å². The van der Waals surface area contributed by atoms with Crippen molar-refractivity contribution in [2.75, 3.05) is 6.61 Å². The zero-order chi connectivity index (χ0) is 15.3. The highest BCUT2D eigenvalue weighted by Gasteiger charge is 2.34. The summed E-state index contributed by atoms with van der Waals surface area (Å²) in [7, 11) is 0. The average molecular weight is 301 g/mol. The molecule has 2 heterocycles. The SMILES string of the molecule is Cc1nc(-c2cn(C3CC(CO)C3)nc2C2CC2)ccc1F. The quantitative estimate of drug-likeness (QED) is 0.943. The summed E-state index contributed by atoms with van der Waals surface area (Å²) in [5.74, 6) is 0.666. The Kier molecular flexibility index (Phi) is 3.26. The number of nitrogens with zero attached hydrogens (tertiary/aromatic N) is 3. The average Bonchev–Trinajstić information content (AvgIpc) is 3.21. The molecule has 0 amide bonds. The Bertz CT molecular complexity index is 702. The fourth-order valence-corrected chi connectivity index (χ4v) is 3.21. The first-order valence-electron chi connectivity index (χ1n) is 7.99. The van der Waals surface area contributed by atoms with Crippen molar-refractivity contribution >= 4 is 0 Å². The summed E-state index contributed by atoms with van der Waals surface area (Å²) in [5.41, 5.74) is 3.38. The Labute approximate surface area is 129 Å². The highest BCUT2D eigenvalue weighted by molar-refractivity contribution is 5.63. The van der Waals surface area contributed by atoms with E-state index < -0.39 is 0 Å². The minimum atomic E-state index is -0.270. The number of halogens is 1. The fourth-order valence-electron chi connectivity index (χ4n) is 3.21. The van der Waals surface area contributed by atoms with Crippen LogP contribution in [0.15, 0.2) is 18.3 Å². The summed E-state index contributed by atoms with van der Waals surface area (Å²) in [6.45, 7) is 1.96. The normalized spacial score (nSPS) is 24.3. The van der Waals surface area contributed by atoms with Crippen molar-refractivity contribution in [3.05, 3.63) is 35.5 Å². The molecule has 2 fully saturated rings. The van der Waals surface area contributed by atoms with Crippen molar-refractivity contribution in [3.63, 3.8) is 0 Å². The fraction of sp³-hybridized carbons (Fsp3) is 0.529. The van der Waals surface area contributed by atoms with Crippen LogP contribution in [0.1, 0.15) is 49.0 Å². The molecule has 0 spiro atoms. The van der Waals surface area contributed by atoms with Crippen molar-refractivity contribution in [3.8, 4) is 11.3 Å². The van der Waals surface area contributed by atoms with Crippen molar-refractivity contribution in [2.45, 2.75) is 44.6 Å². The molecular formula is C17H20FN3O. The first-order valence-corrected chi connectivity index (χ1v) is 7.99. The van der Waals surface area contributed by atoms with Crippen LogP contribution in [0.2, 0.25) is 0 Å². The van der Waals surface area contributed by atoms with Gasteiger partial charge in [0.1, 0.15) is 5.82 Å². The molecule has 0 aliphatic heterocycles. The van der Waals surface area contributed by atoms with E-state index in [1.165, 1.54) is 18.9 Å². The Balaban J connectivity index is 1.68. The number of aromatic nitrogens is 3. The molecule has 4 nitrogen and oxygen atoms in total. The van der Waals surface area contributed by atoms with E-state index in [2.05, 4.69) is 11.2 Å². The molecule has 2 aromatic rings. The van der Waals surface area contributed by atoms with Gasteiger partial charge in [0.05, 0.1) is 23.1 Å². The van der Waals surface area contributed by atoms with Gasteiger partial charge in [0.25, 0.3) is 0 Å². The lowest BCUT2D eigenvalue weighted by atomic mass is 9.81. The largest absolute Gasteiger partial charge is 0.396 e. The number of aliphatic hydroxyl groups is 1. The zero-order valence-electron chi connectivity index (χ0n) is 12.7. The summed E-state index contributed by atoms with van der Waals surface area (Å²) in [5, 5.41) is 14.0. The molecule has 1 N–H and O–H groups in total. The summed E-state index contributed by atoms with van der Waals surface area (Å²) >= 11 is 0. The predicted octanol–water partition coefficient (Wildman–Crippen LogP) is 3.21. The van der Waals surface area contributed by atoms with Gasteiger partial charge in [0, 0.05) is 24.3 Å². The van der Waals surface area contributed by atoms with Gasteiger partial charge < -0.3 is 5.11 Å². The summed E-state index contributed by atoms with van der Waals surface area (Å²) in [6, 6.07) is 3.61. The van der Waals surface area contributed by atoms with Gasteiger partial charge in [0.15, 0.2) is 0 Å². The Morgan fingerprint density at radius 2 is 2.09 bits per heavy atom. The summed E-state index contributed by atoms with van der Waals surface area (Å²) in [6.07, 6.45) is 6.38. The molecule has 0 bridgehead atoms. The van der Waals surface area contributed by atoms with E-state index in [9.17, 15) is 4.39 Å². The molecule has 2 saturated carbocycles. The van der Waals surface area contributed by atoms with E-state index in [4.69, 9.17) is 10.2 Å². The van der Waals surface area contributed by atoms with Crippen molar-refractivity contribution in [1.82, 2.24) is 14.8 Å². The van der Waals surface area contributed by atoms with Crippen LogP contribution in [0.25, 0.3) is 11.3 Å². The first-order chi connectivity index (χ1) is 10.7. The zero-order valence-corrected chi connectivity index (χ0v) is 12.7. The maximum Gasteiger partial charge on any atom is 0.144 e. The number of rotatable bonds is 4.